The first-order valence-corrected chi connectivity index (χ1v) is 8.63. The number of hydrogen-bond acceptors (Lipinski definition) is 5. The number of hydrogen-bond donors (Lipinski definition) is 0. The fourth-order valence-electron chi connectivity index (χ4n) is 3.85. The first kappa shape index (κ1) is 15.5. The Hall–Kier alpha value is -1.98. The van der Waals surface area contributed by atoms with Gasteiger partial charge in [0.25, 0.3) is 0 Å². The second-order valence-electron chi connectivity index (χ2n) is 6.71. The maximum absolute atomic E-state index is 6.13. The van der Waals surface area contributed by atoms with Gasteiger partial charge in [0, 0.05) is 50.9 Å². The maximum atomic E-state index is 6.13. The molecule has 2 aliphatic heterocycles. The van der Waals surface area contributed by atoms with E-state index in [-0.39, 0.29) is 5.60 Å². The number of likely N-dealkylation sites (tertiary alicyclic amines) is 1. The Morgan fingerprint density at radius 1 is 1.21 bits per heavy atom. The summed E-state index contributed by atoms with van der Waals surface area (Å²) in [5.41, 5.74) is 1.30. The van der Waals surface area contributed by atoms with E-state index in [4.69, 9.17) is 9.47 Å². The first-order valence-electron chi connectivity index (χ1n) is 8.63. The van der Waals surface area contributed by atoms with E-state index in [0.717, 1.165) is 39.1 Å². The van der Waals surface area contributed by atoms with Crippen molar-refractivity contribution in [3.05, 3.63) is 54.5 Å². The van der Waals surface area contributed by atoms with Gasteiger partial charge in [-0.15, -0.1) is 0 Å². The average molecular weight is 325 g/mol. The molecular weight excluding hydrogens is 302 g/mol. The van der Waals surface area contributed by atoms with Crippen LogP contribution in [0.3, 0.4) is 0 Å². The van der Waals surface area contributed by atoms with Crippen molar-refractivity contribution in [3.63, 3.8) is 0 Å². The standard InChI is InChI=1S/C19H23N3O2/c1-2-9-21-18(5-1)23-10-6-17-7-11-24-19(17)14-22(15-19)13-16-4-3-8-20-12-16/h1-5,8-9,12,17H,6-7,10-11,13-15H2/t17-/m1/s1. The number of aromatic nitrogens is 2. The topological polar surface area (TPSA) is 47.5 Å². The summed E-state index contributed by atoms with van der Waals surface area (Å²) in [4.78, 5) is 10.8. The zero-order valence-electron chi connectivity index (χ0n) is 13.8. The first-order chi connectivity index (χ1) is 11.8. The molecule has 5 heteroatoms. The van der Waals surface area contributed by atoms with Crippen LogP contribution in [0.25, 0.3) is 0 Å². The van der Waals surface area contributed by atoms with E-state index < -0.39 is 0 Å². The Kier molecular flexibility index (Phi) is 4.45. The van der Waals surface area contributed by atoms with Crippen LogP contribution >= 0.6 is 0 Å². The molecule has 2 saturated heterocycles. The normalized spacial score (nSPS) is 22.4. The minimum absolute atomic E-state index is 0.0374. The van der Waals surface area contributed by atoms with Crippen LogP contribution in [0.4, 0.5) is 0 Å². The van der Waals surface area contributed by atoms with Gasteiger partial charge < -0.3 is 9.47 Å². The van der Waals surface area contributed by atoms with Crippen LogP contribution in [-0.2, 0) is 11.3 Å². The lowest BCUT2D eigenvalue weighted by molar-refractivity contribution is -0.138. The molecule has 1 atom stereocenters. The molecule has 4 heterocycles. The van der Waals surface area contributed by atoms with Gasteiger partial charge in [-0.3, -0.25) is 9.88 Å². The lowest BCUT2D eigenvalue weighted by atomic mass is 9.79. The van der Waals surface area contributed by atoms with Crippen molar-refractivity contribution in [3.8, 4) is 5.88 Å². The van der Waals surface area contributed by atoms with Gasteiger partial charge >= 0.3 is 0 Å². The van der Waals surface area contributed by atoms with Crippen LogP contribution in [-0.4, -0.2) is 46.8 Å². The second-order valence-corrected chi connectivity index (χ2v) is 6.71. The van der Waals surface area contributed by atoms with Crippen molar-refractivity contribution < 1.29 is 9.47 Å². The van der Waals surface area contributed by atoms with Crippen molar-refractivity contribution in [1.82, 2.24) is 14.9 Å². The molecule has 1 spiro atoms. The van der Waals surface area contributed by atoms with Gasteiger partial charge in [0.1, 0.15) is 0 Å². The fourth-order valence-corrected chi connectivity index (χ4v) is 3.85. The molecule has 126 valence electrons. The largest absolute Gasteiger partial charge is 0.478 e. The van der Waals surface area contributed by atoms with Crippen LogP contribution < -0.4 is 4.74 Å². The zero-order valence-corrected chi connectivity index (χ0v) is 13.8. The molecule has 2 aliphatic rings. The van der Waals surface area contributed by atoms with Crippen molar-refractivity contribution in [1.29, 1.82) is 0 Å². The molecule has 0 amide bonds. The molecule has 2 fully saturated rings. The smallest absolute Gasteiger partial charge is 0.213 e. The summed E-state index contributed by atoms with van der Waals surface area (Å²) in [5, 5.41) is 0. The molecule has 24 heavy (non-hydrogen) atoms. The third kappa shape index (κ3) is 3.28. The third-order valence-electron chi connectivity index (χ3n) is 5.07. The van der Waals surface area contributed by atoms with Gasteiger partial charge in [0.15, 0.2) is 0 Å². The van der Waals surface area contributed by atoms with Crippen LogP contribution in [0.1, 0.15) is 18.4 Å². The lowest BCUT2D eigenvalue weighted by Gasteiger charge is -2.50. The summed E-state index contributed by atoms with van der Waals surface area (Å²) >= 11 is 0. The number of ether oxygens (including phenoxy) is 2. The molecule has 4 rings (SSSR count). The van der Waals surface area contributed by atoms with Crippen molar-refractivity contribution >= 4 is 0 Å². The zero-order chi connectivity index (χ0) is 16.2. The monoisotopic (exact) mass is 325 g/mol. The highest BCUT2D eigenvalue weighted by Gasteiger charge is 2.52. The summed E-state index contributed by atoms with van der Waals surface area (Å²) in [5.74, 6) is 1.28. The molecule has 5 nitrogen and oxygen atoms in total. The summed E-state index contributed by atoms with van der Waals surface area (Å²) in [6.45, 7) is 4.55. The van der Waals surface area contributed by atoms with Crippen LogP contribution in [0.5, 0.6) is 5.88 Å². The molecule has 0 saturated carbocycles. The van der Waals surface area contributed by atoms with E-state index in [0.29, 0.717) is 18.4 Å². The van der Waals surface area contributed by atoms with Crippen LogP contribution in [0.15, 0.2) is 48.9 Å². The Balaban J connectivity index is 1.27. The molecule has 2 aromatic rings. The van der Waals surface area contributed by atoms with Gasteiger partial charge in [-0.25, -0.2) is 4.98 Å². The Labute approximate surface area is 142 Å². The molecule has 0 N–H and O–H groups in total. The van der Waals surface area contributed by atoms with E-state index in [1.165, 1.54) is 5.56 Å². The summed E-state index contributed by atoms with van der Waals surface area (Å²) in [6, 6.07) is 9.88. The molecular formula is C19H23N3O2. The van der Waals surface area contributed by atoms with Crippen LogP contribution in [0.2, 0.25) is 0 Å². The van der Waals surface area contributed by atoms with E-state index >= 15 is 0 Å². The van der Waals surface area contributed by atoms with Crippen molar-refractivity contribution in [2.24, 2.45) is 5.92 Å². The number of pyridine rings is 2. The summed E-state index contributed by atoms with van der Waals surface area (Å²) < 4.78 is 11.9. The third-order valence-corrected chi connectivity index (χ3v) is 5.07. The highest BCUT2D eigenvalue weighted by Crippen LogP contribution is 2.42. The van der Waals surface area contributed by atoms with Gasteiger partial charge in [-0.2, -0.15) is 0 Å². The van der Waals surface area contributed by atoms with E-state index in [1.807, 2.05) is 36.7 Å². The minimum Gasteiger partial charge on any atom is -0.478 e. The number of nitrogens with zero attached hydrogens (tertiary/aromatic N) is 3. The van der Waals surface area contributed by atoms with Gasteiger partial charge in [0.05, 0.1) is 12.2 Å². The molecule has 0 radical (unpaired) electrons. The summed E-state index contributed by atoms with van der Waals surface area (Å²) in [7, 11) is 0. The molecule has 0 aromatic carbocycles. The maximum Gasteiger partial charge on any atom is 0.213 e. The predicted octanol–water partition coefficient (Wildman–Crippen LogP) is 2.54. The van der Waals surface area contributed by atoms with E-state index in [2.05, 4.69) is 20.9 Å². The predicted molar refractivity (Wildman–Crippen MR) is 90.7 cm³/mol. The second kappa shape index (κ2) is 6.87. The van der Waals surface area contributed by atoms with Gasteiger partial charge in [-0.1, -0.05) is 12.1 Å². The Bertz CT molecular complexity index is 644. The highest BCUT2D eigenvalue weighted by molar-refractivity contribution is 5.12. The fraction of sp³-hybridized carbons (Fsp3) is 0.474. The molecule has 0 bridgehead atoms. The SMILES string of the molecule is c1ccc(OCC[C@@H]2CCOC23CN(Cc2cccnc2)C3)nc1. The number of rotatable bonds is 6. The molecule has 0 unspecified atom stereocenters. The Morgan fingerprint density at radius 3 is 2.96 bits per heavy atom. The van der Waals surface area contributed by atoms with E-state index in [9.17, 15) is 0 Å². The van der Waals surface area contributed by atoms with Crippen LogP contribution in [0, 0.1) is 5.92 Å². The lowest BCUT2D eigenvalue weighted by Crippen LogP contribution is -2.64. The quantitative estimate of drug-likeness (QED) is 0.817. The Morgan fingerprint density at radius 2 is 2.17 bits per heavy atom. The van der Waals surface area contributed by atoms with Crippen molar-refractivity contribution in [2.75, 3.05) is 26.3 Å². The molecule has 2 aromatic heterocycles. The van der Waals surface area contributed by atoms with Gasteiger partial charge in [0.2, 0.25) is 5.88 Å². The minimum atomic E-state index is 0.0374. The summed E-state index contributed by atoms with van der Waals surface area (Å²) in [6.07, 6.45) is 7.68. The van der Waals surface area contributed by atoms with E-state index in [1.54, 1.807) is 6.20 Å². The van der Waals surface area contributed by atoms with Gasteiger partial charge in [-0.05, 0) is 36.5 Å². The highest BCUT2D eigenvalue weighted by atomic mass is 16.5. The molecule has 0 aliphatic carbocycles. The average Bonchev–Trinajstić information content (AvgIpc) is 3.00. The van der Waals surface area contributed by atoms with Crippen molar-refractivity contribution in [2.45, 2.75) is 25.0 Å².